The number of hydrogen-bond acceptors (Lipinski definition) is 3. The Balaban J connectivity index is 2.22. The lowest BCUT2D eigenvalue weighted by Gasteiger charge is -2.10. The molecule has 1 aliphatic rings. The second kappa shape index (κ2) is 3.15. The average Bonchev–Trinajstić information content (AvgIpc) is 2.18. The lowest BCUT2D eigenvalue weighted by Crippen LogP contribution is -2.29. The summed E-state index contributed by atoms with van der Waals surface area (Å²) in [5, 5.41) is 11.7. The highest BCUT2D eigenvalue weighted by molar-refractivity contribution is 4.83. The number of rotatable bonds is 2. The van der Waals surface area contributed by atoms with Crippen molar-refractivity contribution in [3.05, 3.63) is 0 Å². The van der Waals surface area contributed by atoms with Crippen molar-refractivity contribution in [3.63, 3.8) is 0 Å². The Labute approximate surface area is 55.2 Å². The van der Waals surface area contributed by atoms with Crippen molar-refractivity contribution in [1.82, 2.24) is 5.32 Å². The van der Waals surface area contributed by atoms with Crippen LogP contribution in [0.25, 0.3) is 0 Å². The van der Waals surface area contributed by atoms with Gasteiger partial charge in [-0.15, -0.1) is 0 Å². The highest BCUT2D eigenvalue weighted by atomic mass is 16.3. The summed E-state index contributed by atoms with van der Waals surface area (Å²) in [7, 11) is 0. The van der Waals surface area contributed by atoms with Gasteiger partial charge in [0.15, 0.2) is 0 Å². The maximum Gasteiger partial charge on any atom is 0.0434 e. The van der Waals surface area contributed by atoms with Gasteiger partial charge in [0.2, 0.25) is 0 Å². The van der Waals surface area contributed by atoms with Gasteiger partial charge in [0.05, 0.1) is 0 Å². The average molecular weight is 130 g/mol. The number of aliphatic hydroxyl groups is 1. The molecular weight excluding hydrogens is 116 g/mol. The summed E-state index contributed by atoms with van der Waals surface area (Å²) in [6, 6.07) is 0.261. The fraction of sp³-hybridized carbons (Fsp3) is 1.00. The van der Waals surface area contributed by atoms with Crippen LogP contribution in [0, 0.1) is 5.92 Å². The molecule has 9 heavy (non-hydrogen) atoms. The molecule has 1 rings (SSSR count). The highest BCUT2D eigenvalue weighted by Gasteiger charge is 2.22. The normalized spacial score (nSPS) is 35.3. The summed E-state index contributed by atoms with van der Waals surface area (Å²) in [5.41, 5.74) is 5.69. The third-order valence-electron chi connectivity index (χ3n) is 1.89. The zero-order chi connectivity index (χ0) is 6.69. The van der Waals surface area contributed by atoms with E-state index in [4.69, 9.17) is 10.8 Å². The van der Waals surface area contributed by atoms with E-state index in [-0.39, 0.29) is 12.6 Å². The van der Waals surface area contributed by atoms with Gasteiger partial charge >= 0.3 is 0 Å². The van der Waals surface area contributed by atoms with E-state index in [0.717, 1.165) is 19.5 Å². The minimum absolute atomic E-state index is 0.261. The third-order valence-corrected chi connectivity index (χ3v) is 1.89. The van der Waals surface area contributed by atoms with Crippen molar-refractivity contribution >= 4 is 0 Å². The Kier molecular flexibility index (Phi) is 2.45. The van der Waals surface area contributed by atoms with Crippen molar-refractivity contribution in [2.24, 2.45) is 11.7 Å². The molecule has 1 aliphatic heterocycles. The SMILES string of the molecule is N[C@@H]1CNC[C@H]1CCO. The lowest BCUT2D eigenvalue weighted by atomic mass is 10.0. The molecule has 1 heterocycles. The molecule has 0 unspecified atom stereocenters. The summed E-state index contributed by atoms with van der Waals surface area (Å²) in [5.74, 6) is 0.495. The largest absolute Gasteiger partial charge is 0.396 e. The van der Waals surface area contributed by atoms with Crippen molar-refractivity contribution in [2.45, 2.75) is 12.5 Å². The van der Waals surface area contributed by atoms with E-state index < -0.39 is 0 Å². The predicted molar refractivity (Wildman–Crippen MR) is 36.0 cm³/mol. The van der Waals surface area contributed by atoms with Gasteiger partial charge in [0.25, 0.3) is 0 Å². The molecule has 0 aromatic carbocycles. The summed E-state index contributed by atoms with van der Waals surface area (Å²) >= 11 is 0. The Morgan fingerprint density at radius 1 is 1.56 bits per heavy atom. The van der Waals surface area contributed by atoms with Crippen LogP contribution < -0.4 is 11.1 Å². The molecule has 0 saturated carbocycles. The van der Waals surface area contributed by atoms with Crippen LogP contribution in [0.4, 0.5) is 0 Å². The molecule has 1 saturated heterocycles. The molecule has 4 N–H and O–H groups in total. The van der Waals surface area contributed by atoms with Gasteiger partial charge in [-0.05, 0) is 18.9 Å². The fourth-order valence-corrected chi connectivity index (χ4v) is 1.24. The Hall–Kier alpha value is -0.120. The molecule has 0 aromatic heterocycles. The van der Waals surface area contributed by atoms with Gasteiger partial charge in [-0.25, -0.2) is 0 Å². The van der Waals surface area contributed by atoms with E-state index in [0.29, 0.717) is 5.92 Å². The number of hydrogen-bond donors (Lipinski definition) is 3. The third kappa shape index (κ3) is 1.64. The maximum atomic E-state index is 8.56. The van der Waals surface area contributed by atoms with Crippen LogP contribution in [0.3, 0.4) is 0 Å². The van der Waals surface area contributed by atoms with Gasteiger partial charge in [-0.3, -0.25) is 0 Å². The lowest BCUT2D eigenvalue weighted by molar-refractivity contribution is 0.256. The molecule has 0 bridgehead atoms. The second-order valence-electron chi connectivity index (χ2n) is 2.59. The Bertz CT molecular complexity index is 87.1. The number of nitrogens with one attached hydrogen (secondary N) is 1. The van der Waals surface area contributed by atoms with Gasteiger partial charge < -0.3 is 16.2 Å². The minimum Gasteiger partial charge on any atom is -0.396 e. The van der Waals surface area contributed by atoms with Crippen molar-refractivity contribution in [2.75, 3.05) is 19.7 Å². The number of nitrogens with two attached hydrogens (primary N) is 1. The van der Waals surface area contributed by atoms with Crippen LogP contribution in [0.1, 0.15) is 6.42 Å². The van der Waals surface area contributed by atoms with Crippen LogP contribution in [-0.4, -0.2) is 30.8 Å². The molecule has 3 heteroatoms. The van der Waals surface area contributed by atoms with E-state index >= 15 is 0 Å². The molecule has 2 atom stereocenters. The van der Waals surface area contributed by atoms with Crippen molar-refractivity contribution in [1.29, 1.82) is 0 Å². The molecule has 0 aliphatic carbocycles. The van der Waals surface area contributed by atoms with Crippen LogP contribution >= 0.6 is 0 Å². The maximum absolute atomic E-state index is 8.56. The summed E-state index contributed by atoms with van der Waals surface area (Å²) < 4.78 is 0. The quantitative estimate of drug-likeness (QED) is 0.445. The molecule has 0 aromatic rings. The zero-order valence-corrected chi connectivity index (χ0v) is 5.51. The zero-order valence-electron chi connectivity index (χ0n) is 5.51. The predicted octanol–water partition coefficient (Wildman–Crippen LogP) is -1.08. The van der Waals surface area contributed by atoms with Gasteiger partial charge in [-0.2, -0.15) is 0 Å². The van der Waals surface area contributed by atoms with Crippen LogP contribution in [-0.2, 0) is 0 Å². The topological polar surface area (TPSA) is 58.3 Å². The standard InChI is InChI=1S/C6H14N2O/c7-6-4-8-3-5(6)1-2-9/h5-6,8-9H,1-4,7H2/t5-,6-/m1/s1. The van der Waals surface area contributed by atoms with E-state index in [9.17, 15) is 0 Å². The second-order valence-corrected chi connectivity index (χ2v) is 2.59. The Morgan fingerprint density at radius 2 is 2.33 bits per heavy atom. The van der Waals surface area contributed by atoms with Crippen molar-refractivity contribution in [3.8, 4) is 0 Å². The Morgan fingerprint density at radius 3 is 2.78 bits per heavy atom. The highest BCUT2D eigenvalue weighted by Crippen LogP contribution is 2.09. The summed E-state index contributed by atoms with van der Waals surface area (Å²) in [6.07, 6.45) is 0.841. The van der Waals surface area contributed by atoms with E-state index in [2.05, 4.69) is 5.32 Å². The summed E-state index contributed by atoms with van der Waals surface area (Å²) in [4.78, 5) is 0. The van der Waals surface area contributed by atoms with Gasteiger partial charge in [-0.1, -0.05) is 0 Å². The number of aliphatic hydroxyl groups excluding tert-OH is 1. The summed E-state index contributed by atoms with van der Waals surface area (Å²) in [6.45, 7) is 2.15. The minimum atomic E-state index is 0.261. The smallest absolute Gasteiger partial charge is 0.0434 e. The molecule has 0 amide bonds. The first-order valence-electron chi connectivity index (χ1n) is 3.41. The molecule has 0 spiro atoms. The first-order valence-corrected chi connectivity index (χ1v) is 3.41. The van der Waals surface area contributed by atoms with E-state index in [1.165, 1.54) is 0 Å². The monoisotopic (exact) mass is 130 g/mol. The molecule has 54 valence electrons. The molecular formula is C6H14N2O. The van der Waals surface area contributed by atoms with Crippen LogP contribution in [0.15, 0.2) is 0 Å². The fourth-order valence-electron chi connectivity index (χ4n) is 1.24. The van der Waals surface area contributed by atoms with Gasteiger partial charge in [0, 0.05) is 19.2 Å². The van der Waals surface area contributed by atoms with E-state index in [1.54, 1.807) is 0 Å². The van der Waals surface area contributed by atoms with Crippen molar-refractivity contribution < 1.29 is 5.11 Å². The molecule has 1 fully saturated rings. The van der Waals surface area contributed by atoms with E-state index in [1.807, 2.05) is 0 Å². The first-order chi connectivity index (χ1) is 4.34. The van der Waals surface area contributed by atoms with Crippen LogP contribution in [0.2, 0.25) is 0 Å². The van der Waals surface area contributed by atoms with Gasteiger partial charge in [0.1, 0.15) is 0 Å². The molecule has 0 radical (unpaired) electrons. The molecule has 3 nitrogen and oxygen atoms in total. The first kappa shape index (κ1) is 6.99. The van der Waals surface area contributed by atoms with Crippen LogP contribution in [0.5, 0.6) is 0 Å².